The van der Waals surface area contributed by atoms with Gasteiger partial charge in [-0.1, -0.05) is 42.5 Å². The maximum atomic E-state index is 5.53. The minimum atomic E-state index is 0. The van der Waals surface area contributed by atoms with E-state index in [0.29, 0.717) is 6.10 Å². The van der Waals surface area contributed by atoms with E-state index in [-0.39, 0.29) is 12.4 Å². The molecule has 0 saturated carbocycles. The molecule has 0 spiro atoms. The van der Waals surface area contributed by atoms with Crippen molar-refractivity contribution < 1.29 is 4.74 Å². The second-order valence-corrected chi connectivity index (χ2v) is 4.11. The fraction of sp³-hybridized carbons (Fsp3) is 0.429. The van der Waals surface area contributed by atoms with Crippen molar-refractivity contribution in [3.05, 3.63) is 42.0 Å². The molecule has 17 heavy (non-hydrogen) atoms. The van der Waals surface area contributed by atoms with Crippen molar-refractivity contribution in [3.63, 3.8) is 0 Å². The number of benzene rings is 1. The van der Waals surface area contributed by atoms with Gasteiger partial charge in [-0.3, -0.25) is 0 Å². The van der Waals surface area contributed by atoms with Crippen LogP contribution in [-0.4, -0.2) is 25.8 Å². The van der Waals surface area contributed by atoms with Gasteiger partial charge in [-0.25, -0.2) is 0 Å². The first-order valence-electron chi connectivity index (χ1n) is 5.99. The van der Waals surface area contributed by atoms with Crippen LogP contribution in [0.1, 0.15) is 18.4 Å². The van der Waals surface area contributed by atoms with Crippen molar-refractivity contribution in [2.75, 3.05) is 19.7 Å². The highest BCUT2D eigenvalue weighted by Gasteiger charge is 2.13. The summed E-state index contributed by atoms with van der Waals surface area (Å²) in [5.41, 5.74) is 1.25. The van der Waals surface area contributed by atoms with E-state index in [1.54, 1.807) is 0 Å². The number of halogens is 1. The predicted molar refractivity (Wildman–Crippen MR) is 74.6 cm³/mol. The van der Waals surface area contributed by atoms with Gasteiger partial charge in [0.25, 0.3) is 0 Å². The predicted octanol–water partition coefficient (Wildman–Crippen LogP) is 2.89. The lowest BCUT2D eigenvalue weighted by molar-refractivity contribution is 0.111. The molecule has 1 unspecified atom stereocenters. The Morgan fingerprint density at radius 2 is 2.12 bits per heavy atom. The topological polar surface area (TPSA) is 21.3 Å². The van der Waals surface area contributed by atoms with Gasteiger partial charge < -0.3 is 10.1 Å². The summed E-state index contributed by atoms with van der Waals surface area (Å²) in [5.74, 6) is 0. The maximum Gasteiger partial charge on any atom is 0.0700 e. The molecule has 0 aliphatic carbocycles. The van der Waals surface area contributed by atoms with Crippen LogP contribution in [0.5, 0.6) is 0 Å². The number of nitrogens with one attached hydrogen (secondary N) is 1. The van der Waals surface area contributed by atoms with Gasteiger partial charge in [-0.15, -0.1) is 12.4 Å². The van der Waals surface area contributed by atoms with Crippen LogP contribution in [0.2, 0.25) is 0 Å². The van der Waals surface area contributed by atoms with Gasteiger partial charge in [0.1, 0.15) is 0 Å². The Hall–Kier alpha value is -0.830. The number of hydrogen-bond acceptors (Lipinski definition) is 2. The molecule has 0 radical (unpaired) electrons. The summed E-state index contributed by atoms with van der Waals surface area (Å²) in [7, 11) is 0. The zero-order valence-corrected chi connectivity index (χ0v) is 10.8. The Balaban J connectivity index is 0.00000144. The lowest BCUT2D eigenvalue weighted by Crippen LogP contribution is -2.26. The molecule has 0 aromatic heterocycles. The highest BCUT2D eigenvalue weighted by molar-refractivity contribution is 5.85. The van der Waals surface area contributed by atoms with Crippen molar-refractivity contribution in [3.8, 4) is 0 Å². The van der Waals surface area contributed by atoms with Gasteiger partial charge in [0, 0.05) is 19.7 Å². The molecule has 1 fully saturated rings. The summed E-state index contributed by atoms with van der Waals surface area (Å²) in [5, 5.41) is 3.39. The molecule has 94 valence electrons. The van der Waals surface area contributed by atoms with Gasteiger partial charge in [-0.05, 0) is 18.4 Å². The molecular formula is C14H20ClNO. The van der Waals surface area contributed by atoms with Crippen LogP contribution < -0.4 is 5.32 Å². The summed E-state index contributed by atoms with van der Waals surface area (Å²) < 4.78 is 5.53. The molecular weight excluding hydrogens is 234 g/mol. The Morgan fingerprint density at radius 3 is 2.82 bits per heavy atom. The number of hydrogen-bond donors (Lipinski definition) is 1. The second kappa shape index (κ2) is 8.29. The van der Waals surface area contributed by atoms with Crippen molar-refractivity contribution in [2.24, 2.45) is 0 Å². The zero-order valence-electron chi connectivity index (χ0n) is 9.97. The summed E-state index contributed by atoms with van der Waals surface area (Å²) in [6, 6.07) is 10.4. The highest BCUT2D eigenvalue weighted by Crippen LogP contribution is 2.10. The zero-order chi connectivity index (χ0) is 11.1. The molecule has 1 heterocycles. The fourth-order valence-corrected chi connectivity index (χ4v) is 1.89. The van der Waals surface area contributed by atoms with Crippen LogP contribution in [0.25, 0.3) is 6.08 Å². The molecule has 2 nitrogen and oxygen atoms in total. The molecule has 1 atom stereocenters. The largest absolute Gasteiger partial charge is 0.377 e. The normalized spacial score (nSPS) is 19.4. The van der Waals surface area contributed by atoms with Crippen LogP contribution >= 0.6 is 12.4 Å². The van der Waals surface area contributed by atoms with E-state index in [1.807, 2.05) is 6.07 Å². The first-order valence-corrected chi connectivity index (χ1v) is 5.99. The average Bonchev–Trinajstić information content (AvgIpc) is 2.83. The molecule has 1 saturated heterocycles. The standard InChI is InChI=1S/C14H19NO.ClH/c1-2-6-13(7-3-1)8-4-10-15-12-14-9-5-11-16-14;/h1-4,6-8,14-15H,5,9-12H2;1H. The van der Waals surface area contributed by atoms with Gasteiger partial charge >= 0.3 is 0 Å². The van der Waals surface area contributed by atoms with Crippen molar-refractivity contribution in [2.45, 2.75) is 18.9 Å². The second-order valence-electron chi connectivity index (χ2n) is 4.11. The fourth-order valence-electron chi connectivity index (χ4n) is 1.89. The SMILES string of the molecule is C(=Cc1ccccc1)CNCC1CCCO1.Cl. The van der Waals surface area contributed by atoms with E-state index in [0.717, 1.165) is 19.7 Å². The smallest absolute Gasteiger partial charge is 0.0700 e. The minimum absolute atomic E-state index is 0. The Morgan fingerprint density at radius 1 is 1.29 bits per heavy atom. The quantitative estimate of drug-likeness (QED) is 0.815. The van der Waals surface area contributed by atoms with E-state index in [9.17, 15) is 0 Å². The first-order chi connectivity index (χ1) is 7.95. The molecule has 2 rings (SSSR count). The van der Waals surface area contributed by atoms with E-state index in [2.05, 4.69) is 41.7 Å². The lowest BCUT2D eigenvalue weighted by atomic mass is 10.2. The molecule has 1 N–H and O–H groups in total. The molecule has 1 aromatic carbocycles. The number of rotatable bonds is 5. The summed E-state index contributed by atoms with van der Waals surface area (Å²) in [4.78, 5) is 0. The molecule has 1 aliphatic heterocycles. The van der Waals surface area contributed by atoms with Crippen molar-refractivity contribution in [1.82, 2.24) is 5.32 Å². The van der Waals surface area contributed by atoms with Crippen molar-refractivity contribution >= 4 is 18.5 Å². The van der Waals surface area contributed by atoms with Crippen LogP contribution in [0.4, 0.5) is 0 Å². The molecule has 1 aliphatic rings. The van der Waals surface area contributed by atoms with Gasteiger partial charge in [-0.2, -0.15) is 0 Å². The summed E-state index contributed by atoms with van der Waals surface area (Å²) in [6.07, 6.45) is 7.15. The van der Waals surface area contributed by atoms with E-state index in [4.69, 9.17) is 4.74 Å². The monoisotopic (exact) mass is 253 g/mol. The van der Waals surface area contributed by atoms with Crippen molar-refractivity contribution in [1.29, 1.82) is 0 Å². The first kappa shape index (κ1) is 14.2. The van der Waals surface area contributed by atoms with Crippen LogP contribution in [-0.2, 0) is 4.74 Å². The summed E-state index contributed by atoms with van der Waals surface area (Å²) in [6.45, 7) is 2.82. The summed E-state index contributed by atoms with van der Waals surface area (Å²) >= 11 is 0. The third kappa shape index (κ3) is 5.35. The highest BCUT2D eigenvalue weighted by atomic mass is 35.5. The third-order valence-corrected chi connectivity index (χ3v) is 2.77. The Labute approximate surface area is 109 Å². The Bertz CT molecular complexity index is 320. The van der Waals surface area contributed by atoms with Gasteiger partial charge in [0.2, 0.25) is 0 Å². The van der Waals surface area contributed by atoms with Crippen LogP contribution in [0.3, 0.4) is 0 Å². The molecule has 1 aromatic rings. The van der Waals surface area contributed by atoms with Gasteiger partial charge in [0.05, 0.1) is 6.10 Å². The average molecular weight is 254 g/mol. The van der Waals surface area contributed by atoms with Crippen LogP contribution in [0.15, 0.2) is 36.4 Å². The minimum Gasteiger partial charge on any atom is -0.377 e. The molecule has 0 bridgehead atoms. The number of ether oxygens (including phenoxy) is 1. The molecule has 0 amide bonds. The van der Waals surface area contributed by atoms with E-state index < -0.39 is 0 Å². The van der Waals surface area contributed by atoms with Crippen LogP contribution in [0, 0.1) is 0 Å². The van der Waals surface area contributed by atoms with Gasteiger partial charge in [0.15, 0.2) is 0 Å². The van der Waals surface area contributed by atoms with E-state index >= 15 is 0 Å². The third-order valence-electron chi connectivity index (χ3n) is 2.77. The Kier molecular flexibility index (Phi) is 6.94. The molecule has 3 heteroatoms. The van der Waals surface area contributed by atoms with E-state index in [1.165, 1.54) is 18.4 Å². The maximum absolute atomic E-state index is 5.53. The lowest BCUT2D eigenvalue weighted by Gasteiger charge is -2.08.